The molecule has 2 N–H and O–H groups in total. The molecule has 6 heteroatoms. The van der Waals surface area contributed by atoms with E-state index in [0.29, 0.717) is 17.4 Å². The Labute approximate surface area is 102 Å². The second-order valence-electron chi connectivity index (χ2n) is 3.66. The molecule has 6 nitrogen and oxygen atoms in total. The van der Waals surface area contributed by atoms with Crippen LogP contribution in [-0.2, 0) is 0 Å². The molecule has 1 aliphatic rings. The molecule has 92 valence electrons. The van der Waals surface area contributed by atoms with E-state index in [1.54, 1.807) is 24.3 Å². The Kier molecular flexibility index (Phi) is 2.33. The molecule has 1 aromatic heterocycles. The minimum Gasteiger partial charge on any atom is -0.475 e. The molecule has 0 atom stereocenters. The third-order valence-electron chi connectivity index (χ3n) is 2.46. The molecular formula is C12H9NO5. The number of carboxylic acids is 1. The van der Waals surface area contributed by atoms with Gasteiger partial charge in [-0.05, 0) is 18.2 Å². The van der Waals surface area contributed by atoms with Crippen molar-refractivity contribution in [3.8, 4) is 11.5 Å². The first-order valence-corrected chi connectivity index (χ1v) is 5.22. The lowest BCUT2D eigenvalue weighted by Gasteiger charge is -2.03. The van der Waals surface area contributed by atoms with Gasteiger partial charge in [-0.1, -0.05) is 0 Å². The predicted octanol–water partition coefficient (Wildman–Crippen LogP) is 2.45. The normalized spacial score (nSPS) is 12.4. The van der Waals surface area contributed by atoms with Gasteiger partial charge >= 0.3 is 5.97 Å². The average molecular weight is 247 g/mol. The lowest BCUT2D eigenvalue weighted by atomic mass is 10.3. The van der Waals surface area contributed by atoms with Gasteiger partial charge in [-0.2, -0.15) is 0 Å². The lowest BCUT2D eigenvalue weighted by molar-refractivity contribution is 0.0663. The van der Waals surface area contributed by atoms with Crippen LogP contribution >= 0.6 is 0 Å². The molecule has 0 spiro atoms. The molecule has 0 bridgehead atoms. The fourth-order valence-corrected chi connectivity index (χ4v) is 1.64. The zero-order valence-corrected chi connectivity index (χ0v) is 9.17. The van der Waals surface area contributed by atoms with E-state index in [2.05, 4.69) is 5.32 Å². The van der Waals surface area contributed by atoms with Crippen molar-refractivity contribution in [1.82, 2.24) is 0 Å². The van der Waals surface area contributed by atoms with Crippen molar-refractivity contribution in [2.75, 3.05) is 12.1 Å². The minimum atomic E-state index is -1.10. The van der Waals surface area contributed by atoms with Crippen LogP contribution in [0.4, 0.5) is 11.6 Å². The van der Waals surface area contributed by atoms with E-state index in [9.17, 15) is 4.79 Å². The summed E-state index contributed by atoms with van der Waals surface area (Å²) in [5.41, 5.74) is 0.727. The minimum absolute atomic E-state index is 0.113. The van der Waals surface area contributed by atoms with Crippen LogP contribution in [0, 0.1) is 0 Å². The number of furan rings is 1. The third kappa shape index (κ3) is 1.84. The number of hydrogen-bond donors (Lipinski definition) is 2. The average Bonchev–Trinajstić information content (AvgIpc) is 2.96. The van der Waals surface area contributed by atoms with E-state index in [-0.39, 0.29) is 12.6 Å². The fraction of sp³-hybridized carbons (Fsp3) is 0.0833. The Morgan fingerprint density at radius 2 is 2.00 bits per heavy atom. The van der Waals surface area contributed by atoms with Gasteiger partial charge in [0.15, 0.2) is 17.4 Å². The fourth-order valence-electron chi connectivity index (χ4n) is 1.64. The molecule has 0 amide bonds. The molecular weight excluding hydrogens is 238 g/mol. The van der Waals surface area contributed by atoms with Gasteiger partial charge in [0, 0.05) is 17.8 Å². The number of carbonyl (C=O) groups is 1. The van der Waals surface area contributed by atoms with Gasteiger partial charge in [-0.25, -0.2) is 4.79 Å². The number of fused-ring (bicyclic) bond motifs is 1. The monoisotopic (exact) mass is 247 g/mol. The first-order chi connectivity index (χ1) is 8.72. The van der Waals surface area contributed by atoms with Gasteiger partial charge in [-0.15, -0.1) is 0 Å². The zero-order valence-electron chi connectivity index (χ0n) is 9.17. The zero-order chi connectivity index (χ0) is 12.5. The molecule has 0 radical (unpaired) electrons. The predicted molar refractivity (Wildman–Crippen MR) is 61.5 cm³/mol. The first kappa shape index (κ1) is 10.5. The summed E-state index contributed by atoms with van der Waals surface area (Å²) in [6, 6.07) is 8.25. The number of benzene rings is 1. The van der Waals surface area contributed by atoms with Crippen LogP contribution in [0.25, 0.3) is 0 Å². The van der Waals surface area contributed by atoms with Gasteiger partial charge in [0.05, 0.1) is 0 Å². The maximum atomic E-state index is 10.7. The van der Waals surface area contributed by atoms with Crippen molar-refractivity contribution in [2.24, 2.45) is 0 Å². The highest BCUT2D eigenvalue weighted by Crippen LogP contribution is 2.35. The molecule has 18 heavy (non-hydrogen) atoms. The number of aromatic carboxylic acids is 1. The molecule has 2 heterocycles. The Morgan fingerprint density at radius 1 is 1.17 bits per heavy atom. The second-order valence-corrected chi connectivity index (χ2v) is 3.66. The Bertz CT molecular complexity index is 604. The van der Waals surface area contributed by atoms with Crippen molar-refractivity contribution in [1.29, 1.82) is 0 Å². The van der Waals surface area contributed by atoms with Crippen LogP contribution in [0.2, 0.25) is 0 Å². The number of hydrogen-bond acceptors (Lipinski definition) is 5. The van der Waals surface area contributed by atoms with E-state index < -0.39 is 5.97 Å². The Hall–Kier alpha value is -2.63. The van der Waals surface area contributed by atoms with Crippen LogP contribution in [0.1, 0.15) is 10.6 Å². The highest BCUT2D eigenvalue weighted by atomic mass is 16.7. The topological polar surface area (TPSA) is 80.9 Å². The third-order valence-corrected chi connectivity index (χ3v) is 2.46. The van der Waals surface area contributed by atoms with E-state index in [0.717, 1.165) is 5.69 Å². The van der Waals surface area contributed by atoms with Gasteiger partial charge < -0.3 is 24.3 Å². The van der Waals surface area contributed by atoms with Crippen LogP contribution in [0.15, 0.2) is 34.7 Å². The molecule has 0 saturated heterocycles. The van der Waals surface area contributed by atoms with E-state index in [4.69, 9.17) is 19.0 Å². The van der Waals surface area contributed by atoms with Crippen LogP contribution in [0.5, 0.6) is 11.5 Å². The summed E-state index contributed by atoms with van der Waals surface area (Å²) in [6.07, 6.45) is 0. The molecule has 1 aliphatic heterocycles. The molecule has 0 fully saturated rings. The van der Waals surface area contributed by atoms with Crippen LogP contribution < -0.4 is 14.8 Å². The van der Waals surface area contributed by atoms with Gasteiger partial charge in [0.1, 0.15) is 0 Å². The highest BCUT2D eigenvalue weighted by molar-refractivity contribution is 5.85. The summed E-state index contributed by atoms with van der Waals surface area (Å²) >= 11 is 0. The van der Waals surface area contributed by atoms with Crippen molar-refractivity contribution in [3.05, 3.63) is 36.1 Å². The van der Waals surface area contributed by atoms with E-state index in [1.807, 2.05) is 0 Å². The second kappa shape index (κ2) is 3.99. The van der Waals surface area contributed by atoms with Gasteiger partial charge in [0.25, 0.3) is 0 Å². The quantitative estimate of drug-likeness (QED) is 0.867. The number of nitrogens with one attached hydrogen (secondary N) is 1. The Morgan fingerprint density at radius 3 is 2.78 bits per heavy atom. The summed E-state index contributed by atoms with van der Waals surface area (Å²) in [5, 5.41) is 11.7. The number of anilines is 2. The van der Waals surface area contributed by atoms with Crippen LogP contribution in [0.3, 0.4) is 0 Å². The highest BCUT2D eigenvalue weighted by Gasteiger charge is 2.14. The summed E-state index contributed by atoms with van der Waals surface area (Å²) in [7, 11) is 0. The van der Waals surface area contributed by atoms with Crippen molar-refractivity contribution < 1.29 is 23.8 Å². The standard InChI is InChI=1S/C12H9NO5/c14-12(15)9-3-4-11(18-9)13-7-1-2-8-10(5-7)17-6-16-8/h1-5,13H,6H2,(H,14,15). The maximum Gasteiger partial charge on any atom is 0.371 e. The first-order valence-electron chi connectivity index (χ1n) is 5.22. The Balaban J connectivity index is 1.81. The molecule has 1 aromatic carbocycles. The molecule has 0 unspecified atom stereocenters. The van der Waals surface area contributed by atoms with Gasteiger partial charge in [0.2, 0.25) is 12.6 Å². The SMILES string of the molecule is O=C(O)c1ccc(Nc2ccc3c(c2)OCO3)o1. The van der Waals surface area contributed by atoms with E-state index >= 15 is 0 Å². The smallest absolute Gasteiger partial charge is 0.371 e. The van der Waals surface area contributed by atoms with E-state index in [1.165, 1.54) is 6.07 Å². The maximum absolute atomic E-state index is 10.7. The lowest BCUT2D eigenvalue weighted by Crippen LogP contribution is -1.93. The molecule has 2 aromatic rings. The summed E-state index contributed by atoms with van der Waals surface area (Å²) < 4.78 is 15.5. The summed E-state index contributed by atoms with van der Waals surface area (Å²) in [4.78, 5) is 10.7. The van der Waals surface area contributed by atoms with Crippen molar-refractivity contribution in [3.63, 3.8) is 0 Å². The number of carboxylic acid groups (broad SMARTS) is 1. The molecule has 0 saturated carbocycles. The summed E-state index contributed by atoms with van der Waals surface area (Å²) in [5.74, 6) is 0.467. The van der Waals surface area contributed by atoms with Crippen LogP contribution in [-0.4, -0.2) is 17.9 Å². The van der Waals surface area contributed by atoms with Crippen molar-refractivity contribution in [2.45, 2.75) is 0 Å². The molecule has 3 rings (SSSR count). The van der Waals surface area contributed by atoms with Gasteiger partial charge in [-0.3, -0.25) is 0 Å². The largest absolute Gasteiger partial charge is 0.475 e. The number of ether oxygens (including phenoxy) is 2. The summed E-state index contributed by atoms with van der Waals surface area (Å²) in [6.45, 7) is 0.211. The van der Waals surface area contributed by atoms with Crippen molar-refractivity contribution >= 4 is 17.5 Å². The molecule has 0 aliphatic carbocycles. The number of rotatable bonds is 3.